The molecule has 0 radical (unpaired) electrons. The molecule has 5 heteroatoms. The number of aliphatic hydroxyl groups is 1. The fourth-order valence-electron chi connectivity index (χ4n) is 1.50. The molecule has 2 rings (SSSR count). The van der Waals surface area contributed by atoms with E-state index >= 15 is 0 Å². The minimum atomic E-state index is -0.685. The van der Waals surface area contributed by atoms with Crippen molar-refractivity contribution in [1.82, 2.24) is 0 Å². The number of aryl methyl sites for hydroxylation is 1. The highest BCUT2D eigenvalue weighted by Crippen LogP contribution is 2.38. The molecule has 17 heavy (non-hydrogen) atoms. The van der Waals surface area contributed by atoms with Crippen LogP contribution in [-0.2, 0) is 0 Å². The molecular weight excluding hydrogens is 387 g/mol. The van der Waals surface area contributed by atoms with Crippen LogP contribution < -0.4 is 0 Å². The van der Waals surface area contributed by atoms with Gasteiger partial charge < -0.3 is 5.11 Å². The second kappa shape index (κ2) is 5.41. The van der Waals surface area contributed by atoms with Crippen LogP contribution in [-0.4, -0.2) is 5.11 Å². The Kier molecular flexibility index (Phi) is 4.31. The molecule has 2 aromatic rings. The Hall–Kier alpha value is 0.130. The molecule has 0 saturated heterocycles. The zero-order valence-corrected chi connectivity index (χ0v) is 13.6. The summed E-state index contributed by atoms with van der Waals surface area (Å²) in [6, 6.07) is 7.52. The van der Waals surface area contributed by atoms with E-state index in [0.29, 0.717) is 5.02 Å². The van der Waals surface area contributed by atoms with Crippen LogP contribution >= 0.6 is 54.8 Å². The van der Waals surface area contributed by atoms with E-state index in [1.54, 1.807) is 0 Å². The Labute approximate surface area is 126 Å². The van der Waals surface area contributed by atoms with Crippen molar-refractivity contribution in [1.29, 1.82) is 0 Å². The van der Waals surface area contributed by atoms with Gasteiger partial charge in [-0.3, -0.25) is 0 Å². The van der Waals surface area contributed by atoms with E-state index in [9.17, 15) is 5.11 Å². The third-order valence-electron chi connectivity index (χ3n) is 2.42. The third-order valence-corrected chi connectivity index (χ3v) is 5.92. The molecule has 0 aliphatic carbocycles. The van der Waals surface area contributed by atoms with Crippen LogP contribution in [0.5, 0.6) is 0 Å². The Morgan fingerprint density at radius 2 is 2.06 bits per heavy atom. The normalized spacial score (nSPS) is 12.8. The van der Waals surface area contributed by atoms with E-state index < -0.39 is 6.10 Å². The Balaban J connectivity index is 2.43. The quantitative estimate of drug-likeness (QED) is 0.729. The minimum absolute atomic E-state index is 0.558. The molecule has 0 aliphatic rings. The first-order valence-electron chi connectivity index (χ1n) is 4.88. The summed E-state index contributed by atoms with van der Waals surface area (Å²) < 4.78 is 1.83. The van der Waals surface area contributed by atoms with Gasteiger partial charge >= 0.3 is 0 Å². The van der Waals surface area contributed by atoms with Gasteiger partial charge in [-0.25, -0.2) is 0 Å². The van der Waals surface area contributed by atoms with E-state index in [1.165, 1.54) is 11.3 Å². The SMILES string of the molecule is Cc1cc(C(O)c2cccc(Br)c2Cl)sc1Br. The highest BCUT2D eigenvalue weighted by atomic mass is 79.9. The average Bonchev–Trinajstić information content (AvgIpc) is 2.62. The van der Waals surface area contributed by atoms with Crippen molar-refractivity contribution in [2.24, 2.45) is 0 Å². The molecule has 90 valence electrons. The summed E-state index contributed by atoms with van der Waals surface area (Å²) in [7, 11) is 0. The van der Waals surface area contributed by atoms with E-state index in [4.69, 9.17) is 11.6 Å². The van der Waals surface area contributed by atoms with Crippen LogP contribution in [0.25, 0.3) is 0 Å². The monoisotopic (exact) mass is 394 g/mol. The maximum atomic E-state index is 10.3. The van der Waals surface area contributed by atoms with E-state index in [0.717, 1.165) is 24.3 Å². The summed E-state index contributed by atoms with van der Waals surface area (Å²) in [5.41, 5.74) is 1.84. The van der Waals surface area contributed by atoms with Crippen molar-refractivity contribution >= 4 is 54.8 Å². The summed E-state index contributed by atoms with van der Waals surface area (Å²) in [5, 5.41) is 10.9. The van der Waals surface area contributed by atoms with Crippen LogP contribution in [0.15, 0.2) is 32.5 Å². The van der Waals surface area contributed by atoms with Gasteiger partial charge in [0.25, 0.3) is 0 Å². The van der Waals surface area contributed by atoms with Crippen LogP contribution in [0.3, 0.4) is 0 Å². The molecule has 1 atom stereocenters. The summed E-state index contributed by atoms with van der Waals surface area (Å²) in [5.74, 6) is 0. The highest BCUT2D eigenvalue weighted by Gasteiger charge is 2.18. The van der Waals surface area contributed by atoms with Gasteiger partial charge in [0.05, 0.1) is 8.81 Å². The van der Waals surface area contributed by atoms with Gasteiger partial charge in [-0.15, -0.1) is 11.3 Å². The van der Waals surface area contributed by atoms with Crippen LogP contribution in [0.4, 0.5) is 0 Å². The molecule has 1 heterocycles. The number of halogens is 3. The zero-order valence-electron chi connectivity index (χ0n) is 8.88. The fraction of sp³-hybridized carbons (Fsp3) is 0.167. The van der Waals surface area contributed by atoms with Crippen molar-refractivity contribution in [3.8, 4) is 0 Å². The Bertz CT molecular complexity index is 534. The van der Waals surface area contributed by atoms with Gasteiger partial charge in [0.1, 0.15) is 6.10 Å². The molecule has 1 unspecified atom stereocenters. The van der Waals surface area contributed by atoms with Gasteiger partial charge in [0.15, 0.2) is 0 Å². The van der Waals surface area contributed by atoms with Gasteiger partial charge in [0, 0.05) is 14.9 Å². The van der Waals surface area contributed by atoms with E-state index in [2.05, 4.69) is 31.9 Å². The summed E-state index contributed by atoms with van der Waals surface area (Å²) in [6.45, 7) is 2.00. The van der Waals surface area contributed by atoms with Crippen LogP contribution in [0, 0.1) is 6.92 Å². The average molecular weight is 397 g/mol. The molecule has 0 bridgehead atoms. The second-order valence-corrected chi connectivity index (χ2v) is 7.29. The third kappa shape index (κ3) is 2.76. The first-order chi connectivity index (χ1) is 8.00. The maximum absolute atomic E-state index is 10.3. The lowest BCUT2D eigenvalue weighted by Gasteiger charge is -2.11. The van der Waals surface area contributed by atoms with Crippen molar-refractivity contribution in [3.05, 3.63) is 53.6 Å². The Morgan fingerprint density at radius 3 is 2.65 bits per heavy atom. The molecule has 1 N–H and O–H groups in total. The summed E-state index contributed by atoms with van der Waals surface area (Å²) in [6.07, 6.45) is -0.685. The summed E-state index contributed by atoms with van der Waals surface area (Å²) >= 11 is 14.5. The standard InChI is InChI=1S/C12H9Br2ClOS/c1-6-5-9(17-12(6)14)11(16)7-3-2-4-8(13)10(7)15/h2-5,11,16H,1H3. The second-order valence-electron chi connectivity index (χ2n) is 3.65. The van der Waals surface area contributed by atoms with Crippen LogP contribution in [0.1, 0.15) is 22.1 Å². The van der Waals surface area contributed by atoms with Crippen LogP contribution in [0.2, 0.25) is 5.02 Å². The number of thiophene rings is 1. The molecular formula is C12H9Br2ClOS. The zero-order chi connectivity index (χ0) is 12.6. The van der Waals surface area contributed by atoms with Gasteiger partial charge in [-0.1, -0.05) is 23.7 Å². The number of rotatable bonds is 2. The molecule has 0 saturated carbocycles. The van der Waals surface area contributed by atoms with E-state index in [-0.39, 0.29) is 0 Å². The lowest BCUT2D eigenvalue weighted by Crippen LogP contribution is -1.98. The molecule has 1 aromatic heterocycles. The molecule has 0 amide bonds. The maximum Gasteiger partial charge on any atom is 0.115 e. The smallest absolute Gasteiger partial charge is 0.115 e. The molecule has 1 aromatic carbocycles. The number of hydrogen-bond donors (Lipinski definition) is 1. The molecule has 0 fully saturated rings. The van der Waals surface area contributed by atoms with Gasteiger partial charge in [-0.2, -0.15) is 0 Å². The first kappa shape index (κ1) is 13.6. The number of aliphatic hydroxyl groups excluding tert-OH is 1. The van der Waals surface area contributed by atoms with Crippen molar-refractivity contribution < 1.29 is 5.11 Å². The van der Waals surface area contributed by atoms with Crippen molar-refractivity contribution in [2.45, 2.75) is 13.0 Å². The number of hydrogen-bond acceptors (Lipinski definition) is 2. The summed E-state index contributed by atoms with van der Waals surface area (Å²) in [4.78, 5) is 0.884. The predicted octanol–water partition coefficient (Wildman–Crippen LogP) is 5.32. The lowest BCUT2D eigenvalue weighted by atomic mass is 10.1. The van der Waals surface area contributed by atoms with Gasteiger partial charge in [-0.05, 0) is 56.5 Å². The van der Waals surface area contributed by atoms with Gasteiger partial charge in [0.2, 0.25) is 0 Å². The lowest BCUT2D eigenvalue weighted by molar-refractivity contribution is 0.224. The van der Waals surface area contributed by atoms with E-state index in [1.807, 2.05) is 31.2 Å². The largest absolute Gasteiger partial charge is 0.383 e. The minimum Gasteiger partial charge on any atom is -0.383 e. The highest BCUT2D eigenvalue weighted by molar-refractivity contribution is 9.11. The predicted molar refractivity (Wildman–Crippen MR) is 80.0 cm³/mol. The van der Waals surface area contributed by atoms with Crippen molar-refractivity contribution in [3.63, 3.8) is 0 Å². The number of benzene rings is 1. The fourth-order valence-corrected chi connectivity index (χ4v) is 3.69. The molecule has 1 nitrogen and oxygen atoms in total. The Morgan fingerprint density at radius 1 is 1.35 bits per heavy atom. The topological polar surface area (TPSA) is 20.2 Å². The van der Waals surface area contributed by atoms with Crippen molar-refractivity contribution in [2.75, 3.05) is 0 Å². The molecule has 0 spiro atoms. The first-order valence-corrected chi connectivity index (χ1v) is 7.66. The molecule has 0 aliphatic heterocycles.